The fourth-order valence-electron chi connectivity index (χ4n) is 2.70. The first kappa shape index (κ1) is 14.5. The van der Waals surface area contributed by atoms with Gasteiger partial charge in [-0.15, -0.1) is 11.3 Å². The summed E-state index contributed by atoms with van der Waals surface area (Å²) in [5.41, 5.74) is 0.886. The average Bonchev–Trinajstić information content (AvgIpc) is 3.13. The maximum Gasteiger partial charge on any atom is 0.267 e. The van der Waals surface area contributed by atoms with Crippen molar-refractivity contribution in [3.05, 3.63) is 34.6 Å². The predicted octanol–water partition coefficient (Wildman–Crippen LogP) is 3.87. The zero-order valence-corrected chi connectivity index (χ0v) is 13.3. The van der Waals surface area contributed by atoms with Gasteiger partial charge in [-0.3, -0.25) is 9.78 Å². The summed E-state index contributed by atoms with van der Waals surface area (Å²) in [7, 11) is 0. The highest BCUT2D eigenvalue weighted by molar-refractivity contribution is 7.17. The van der Waals surface area contributed by atoms with E-state index in [4.69, 9.17) is 11.6 Å². The van der Waals surface area contributed by atoms with E-state index in [9.17, 15) is 4.79 Å². The van der Waals surface area contributed by atoms with Crippen molar-refractivity contribution in [3.8, 4) is 10.6 Å². The predicted molar refractivity (Wildman–Crippen MR) is 84.7 cm³/mol. The number of likely N-dealkylation sites (tertiary alicyclic amines) is 1. The van der Waals surface area contributed by atoms with Crippen LogP contribution in [0.15, 0.2) is 24.5 Å². The smallest absolute Gasteiger partial charge is 0.267 e. The highest BCUT2D eigenvalue weighted by Gasteiger charge is 2.31. The van der Waals surface area contributed by atoms with Gasteiger partial charge in [-0.05, 0) is 31.4 Å². The van der Waals surface area contributed by atoms with Crippen LogP contribution in [0.2, 0.25) is 5.15 Å². The molecule has 6 heteroatoms. The fraction of sp³-hybridized carbons (Fsp3) is 0.400. The molecule has 0 aliphatic carbocycles. The van der Waals surface area contributed by atoms with Crippen LogP contribution < -0.4 is 0 Å². The number of rotatable bonds is 3. The van der Waals surface area contributed by atoms with Gasteiger partial charge in [0.2, 0.25) is 0 Å². The Morgan fingerprint density at radius 1 is 1.57 bits per heavy atom. The summed E-state index contributed by atoms with van der Waals surface area (Å²) in [5.74, 6) is 0.0111. The molecule has 1 fully saturated rings. The van der Waals surface area contributed by atoms with E-state index in [0.29, 0.717) is 16.1 Å². The van der Waals surface area contributed by atoms with Crippen molar-refractivity contribution in [1.82, 2.24) is 14.9 Å². The quantitative estimate of drug-likeness (QED) is 0.862. The first-order chi connectivity index (χ1) is 10.2. The summed E-state index contributed by atoms with van der Waals surface area (Å²) in [6.07, 6.45) is 6.57. The van der Waals surface area contributed by atoms with Gasteiger partial charge >= 0.3 is 0 Å². The molecule has 1 aliphatic rings. The summed E-state index contributed by atoms with van der Waals surface area (Å²) in [4.78, 5) is 23.5. The fourth-order valence-corrected chi connectivity index (χ4v) is 3.94. The van der Waals surface area contributed by atoms with Crippen LogP contribution >= 0.6 is 22.9 Å². The second-order valence-electron chi connectivity index (χ2n) is 5.08. The number of nitrogens with zero attached hydrogens (tertiary/aromatic N) is 3. The normalized spacial score (nSPS) is 18.2. The second-order valence-corrected chi connectivity index (χ2v) is 6.44. The van der Waals surface area contributed by atoms with Gasteiger partial charge in [0.05, 0.1) is 0 Å². The van der Waals surface area contributed by atoms with Gasteiger partial charge in [0.15, 0.2) is 5.15 Å². The van der Waals surface area contributed by atoms with E-state index >= 15 is 0 Å². The number of halogens is 1. The van der Waals surface area contributed by atoms with Gasteiger partial charge in [-0.2, -0.15) is 0 Å². The van der Waals surface area contributed by atoms with Crippen molar-refractivity contribution in [2.24, 2.45) is 0 Å². The molecule has 2 aromatic heterocycles. The molecule has 110 valence electrons. The molecule has 0 spiro atoms. The van der Waals surface area contributed by atoms with Crippen LogP contribution in [0.25, 0.3) is 10.6 Å². The monoisotopic (exact) mass is 321 g/mol. The number of carbonyl (C=O) groups is 1. The molecule has 0 N–H and O–H groups in total. The molecule has 0 saturated carbocycles. The maximum atomic E-state index is 12.7. The van der Waals surface area contributed by atoms with Gasteiger partial charge in [0, 0.05) is 30.5 Å². The van der Waals surface area contributed by atoms with Gasteiger partial charge in [-0.25, -0.2) is 4.98 Å². The number of hydrogen-bond donors (Lipinski definition) is 0. The molecule has 3 heterocycles. The van der Waals surface area contributed by atoms with E-state index in [1.54, 1.807) is 12.4 Å². The van der Waals surface area contributed by atoms with Gasteiger partial charge in [0.1, 0.15) is 9.88 Å². The lowest BCUT2D eigenvalue weighted by Gasteiger charge is -2.22. The van der Waals surface area contributed by atoms with Crippen LogP contribution in [-0.2, 0) is 0 Å². The Balaban J connectivity index is 1.89. The van der Waals surface area contributed by atoms with E-state index in [2.05, 4.69) is 16.9 Å². The van der Waals surface area contributed by atoms with Crippen molar-refractivity contribution in [1.29, 1.82) is 0 Å². The van der Waals surface area contributed by atoms with E-state index in [-0.39, 0.29) is 5.91 Å². The summed E-state index contributed by atoms with van der Waals surface area (Å²) in [5, 5.41) is 1.04. The molecule has 3 rings (SSSR count). The van der Waals surface area contributed by atoms with Gasteiger partial charge in [-0.1, -0.05) is 18.5 Å². The van der Waals surface area contributed by atoms with Crippen molar-refractivity contribution >= 4 is 28.8 Å². The SMILES string of the molecule is CCC1CCCN1C(=O)c1sc(-c2cccnc2)nc1Cl. The van der Waals surface area contributed by atoms with E-state index in [1.807, 2.05) is 17.0 Å². The molecule has 1 saturated heterocycles. The number of hydrogen-bond acceptors (Lipinski definition) is 4. The molecule has 0 aromatic carbocycles. The number of thiazole rings is 1. The Labute approximate surface area is 132 Å². The lowest BCUT2D eigenvalue weighted by Crippen LogP contribution is -2.34. The van der Waals surface area contributed by atoms with Crippen LogP contribution in [0.5, 0.6) is 0 Å². The molecule has 2 aromatic rings. The van der Waals surface area contributed by atoms with Crippen LogP contribution in [0, 0.1) is 0 Å². The third kappa shape index (κ3) is 2.80. The maximum absolute atomic E-state index is 12.7. The van der Waals surface area contributed by atoms with Crippen molar-refractivity contribution in [2.45, 2.75) is 32.2 Å². The lowest BCUT2D eigenvalue weighted by atomic mass is 10.2. The largest absolute Gasteiger partial charge is 0.335 e. The van der Waals surface area contributed by atoms with Crippen LogP contribution in [-0.4, -0.2) is 33.4 Å². The Hall–Kier alpha value is -1.46. The zero-order valence-electron chi connectivity index (χ0n) is 11.8. The number of carbonyl (C=O) groups excluding carboxylic acids is 1. The molecule has 0 bridgehead atoms. The van der Waals surface area contributed by atoms with Gasteiger partial charge in [0.25, 0.3) is 5.91 Å². The molecule has 0 radical (unpaired) electrons. The van der Waals surface area contributed by atoms with Crippen molar-refractivity contribution < 1.29 is 4.79 Å². The minimum absolute atomic E-state index is 0.0111. The zero-order chi connectivity index (χ0) is 14.8. The Morgan fingerprint density at radius 2 is 2.43 bits per heavy atom. The second kappa shape index (κ2) is 6.12. The molecule has 1 unspecified atom stereocenters. The number of amides is 1. The Kier molecular flexibility index (Phi) is 4.22. The summed E-state index contributed by atoms with van der Waals surface area (Å²) < 4.78 is 0. The summed E-state index contributed by atoms with van der Waals surface area (Å²) in [6, 6.07) is 4.10. The molecule has 4 nitrogen and oxygen atoms in total. The molecular formula is C15H16ClN3OS. The number of pyridine rings is 1. The Morgan fingerprint density at radius 3 is 3.14 bits per heavy atom. The minimum atomic E-state index is 0.0111. The molecule has 21 heavy (non-hydrogen) atoms. The van der Waals surface area contributed by atoms with Crippen LogP contribution in [0.4, 0.5) is 0 Å². The highest BCUT2D eigenvalue weighted by Crippen LogP contribution is 2.33. The van der Waals surface area contributed by atoms with Crippen molar-refractivity contribution in [3.63, 3.8) is 0 Å². The average molecular weight is 322 g/mol. The summed E-state index contributed by atoms with van der Waals surface area (Å²) in [6.45, 7) is 2.93. The number of aromatic nitrogens is 2. The third-order valence-electron chi connectivity index (χ3n) is 3.80. The van der Waals surface area contributed by atoms with E-state index < -0.39 is 0 Å². The van der Waals surface area contributed by atoms with Crippen molar-refractivity contribution in [2.75, 3.05) is 6.54 Å². The molecule has 1 atom stereocenters. The molecular weight excluding hydrogens is 306 g/mol. The standard InChI is InChI=1S/C15H16ClN3OS/c1-2-11-6-4-8-19(11)15(20)12-13(16)18-14(21-12)10-5-3-7-17-9-10/h3,5,7,9,11H,2,4,6,8H2,1H3. The summed E-state index contributed by atoms with van der Waals surface area (Å²) >= 11 is 7.54. The van der Waals surface area contributed by atoms with Crippen LogP contribution in [0.1, 0.15) is 35.9 Å². The lowest BCUT2D eigenvalue weighted by molar-refractivity contribution is 0.0738. The van der Waals surface area contributed by atoms with Gasteiger partial charge < -0.3 is 4.90 Å². The topological polar surface area (TPSA) is 46.1 Å². The Bertz CT molecular complexity index is 644. The molecule has 1 aliphatic heterocycles. The minimum Gasteiger partial charge on any atom is -0.335 e. The molecule has 1 amide bonds. The van der Waals surface area contributed by atoms with Crippen LogP contribution in [0.3, 0.4) is 0 Å². The highest BCUT2D eigenvalue weighted by atomic mass is 35.5. The first-order valence-electron chi connectivity index (χ1n) is 7.08. The van der Waals surface area contributed by atoms with E-state index in [0.717, 1.165) is 36.4 Å². The third-order valence-corrected chi connectivity index (χ3v) is 5.28. The first-order valence-corrected chi connectivity index (χ1v) is 8.28. The van der Waals surface area contributed by atoms with E-state index in [1.165, 1.54) is 11.3 Å².